The van der Waals surface area contributed by atoms with Crippen molar-refractivity contribution in [3.05, 3.63) is 30.5 Å². The second-order valence-electron chi connectivity index (χ2n) is 4.38. The van der Waals surface area contributed by atoms with Crippen molar-refractivity contribution in [2.45, 2.75) is 13.3 Å². The standard InChI is InChI=1S/C15H21N3O/c1-3-16-8-4-9-17-15-14-6-5-13(19-2)11-12(14)7-10-18-15/h5-7,10-11,16H,3-4,8-9H2,1-2H3,(H,17,18). The van der Waals surface area contributed by atoms with E-state index >= 15 is 0 Å². The lowest BCUT2D eigenvalue weighted by Gasteiger charge is -2.09. The van der Waals surface area contributed by atoms with E-state index in [9.17, 15) is 0 Å². The van der Waals surface area contributed by atoms with E-state index in [0.717, 1.165) is 48.4 Å². The fraction of sp³-hybridized carbons (Fsp3) is 0.400. The minimum Gasteiger partial charge on any atom is -0.497 e. The van der Waals surface area contributed by atoms with E-state index in [4.69, 9.17) is 4.74 Å². The molecule has 0 aliphatic heterocycles. The van der Waals surface area contributed by atoms with Crippen molar-refractivity contribution in [3.63, 3.8) is 0 Å². The first-order chi connectivity index (χ1) is 9.35. The van der Waals surface area contributed by atoms with Crippen LogP contribution < -0.4 is 15.4 Å². The predicted molar refractivity (Wildman–Crippen MR) is 79.9 cm³/mol. The van der Waals surface area contributed by atoms with E-state index in [-0.39, 0.29) is 0 Å². The Balaban J connectivity index is 2.06. The predicted octanol–water partition coefficient (Wildman–Crippen LogP) is 2.65. The highest BCUT2D eigenvalue weighted by Crippen LogP contribution is 2.25. The average Bonchev–Trinajstić information content (AvgIpc) is 2.46. The molecular formula is C15H21N3O. The number of pyridine rings is 1. The number of hydrogen-bond donors (Lipinski definition) is 2. The van der Waals surface area contributed by atoms with Crippen molar-refractivity contribution < 1.29 is 4.74 Å². The SMILES string of the molecule is CCNCCCNc1nccc2cc(OC)ccc12. The molecule has 2 N–H and O–H groups in total. The zero-order valence-corrected chi connectivity index (χ0v) is 11.6. The van der Waals surface area contributed by atoms with Gasteiger partial charge in [0.25, 0.3) is 0 Å². The molecule has 0 atom stereocenters. The smallest absolute Gasteiger partial charge is 0.133 e. The lowest BCUT2D eigenvalue weighted by molar-refractivity contribution is 0.415. The average molecular weight is 259 g/mol. The molecule has 4 heteroatoms. The first-order valence-electron chi connectivity index (χ1n) is 6.72. The van der Waals surface area contributed by atoms with Crippen molar-refractivity contribution in [2.24, 2.45) is 0 Å². The molecule has 0 fully saturated rings. The quantitative estimate of drug-likeness (QED) is 0.750. The summed E-state index contributed by atoms with van der Waals surface area (Å²) < 4.78 is 5.24. The summed E-state index contributed by atoms with van der Waals surface area (Å²) in [6.45, 7) is 5.09. The van der Waals surface area contributed by atoms with E-state index in [2.05, 4.69) is 22.5 Å². The minimum absolute atomic E-state index is 0.872. The molecule has 0 bridgehead atoms. The van der Waals surface area contributed by atoms with Crippen LogP contribution in [0.1, 0.15) is 13.3 Å². The fourth-order valence-corrected chi connectivity index (χ4v) is 2.02. The van der Waals surface area contributed by atoms with Crippen LogP contribution in [0.5, 0.6) is 5.75 Å². The first kappa shape index (κ1) is 13.6. The van der Waals surface area contributed by atoms with Crippen molar-refractivity contribution in [3.8, 4) is 5.75 Å². The van der Waals surface area contributed by atoms with Gasteiger partial charge in [-0.1, -0.05) is 6.92 Å². The van der Waals surface area contributed by atoms with Gasteiger partial charge in [0.2, 0.25) is 0 Å². The Morgan fingerprint density at radius 3 is 2.89 bits per heavy atom. The first-order valence-corrected chi connectivity index (χ1v) is 6.72. The minimum atomic E-state index is 0.872. The van der Waals surface area contributed by atoms with Gasteiger partial charge in [0, 0.05) is 18.1 Å². The van der Waals surface area contributed by atoms with Crippen LogP contribution in [0, 0.1) is 0 Å². The third kappa shape index (κ3) is 3.58. The Morgan fingerprint density at radius 2 is 2.11 bits per heavy atom. The molecule has 0 saturated carbocycles. The summed E-state index contributed by atoms with van der Waals surface area (Å²) in [5.74, 6) is 1.81. The van der Waals surface area contributed by atoms with Gasteiger partial charge in [-0.3, -0.25) is 0 Å². The highest BCUT2D eigenvalue weighted by Gasteiger charge is 2.02. The van der Waals surface area contributed by atoms with Gasteiger partial charge in [-0.15, -0.1) is 0 Å². The highest BCUT2D eigenvalue weighted by atomic mass is 16.5. The Bertz CT molecular complexity index is 528. The maximum atomic E-state index is 5.24. The molecule has 0 radical (unpaired) electrons. The fourth-order valence-electron chi connectivity index (χ4n) is 2.02. The van der Waals surface area contributed by atoms with E-state index in [1.807, 2.05) is 30.5 Å². The molecule has 19 heavy (non-hydrogen) atoms. The van der Waals surface area contributed by atoms with Gasteiger partial charge in [0.1, 0.15) is 11.6 Å². The summed E-state index contributed by atoms with van der Waals surface area (Å²) in [7, 11) is 1.68. The van der Waals surface area contributed by atoms with Crippen molar-refractivity contribution in [1.29, 1.82) is 0 Å². The maximum absolute atomic E-state index is 5.24. The summed E-state index contributed by atoms with van der Waals surface area (Å²) in [5.41, 5.74) is 0. The molecule has 1 heterocycles. The Hall–Kier alpha value is -1.81. The number of methoxy groups -OCH3 is 1. The van der Waals surface area contributed by atoms with Crippen molar-refractivity contribution >= 4 is 16.6 Å². The number of anilines is 1. The molecule has 1 aromatic carbocycles. The van der Waals surface area contributed by atoms with Gasteiger partial charge < -0.3 is 15.4 Å². The van der Waals surface area contributed by atoms with Gasteiger partial charge in [-0.25, -0.2) is 4.98 Å². The van der Waals surface area contributed by atoms with Crippen molar-refractivity contribution in [2.75, 3.05) is 32.1 Å². The normalized spacial score (nSPS) is 10.6. The van der Waals surface area contributed by atoms with Crippen LogP contribution in [0.3, 0.4) is 0 Å². The third-order valence-corrected chi connectivity index (χ3v) is 3.04. The Kier molecular flexibility index (Phi) is 4.98. The number of nitrogens with zero attached hydrogens (tertiary/aromatic N) is 1. The Morgan fingerprint density at radius 1 is 1.21 bits per heavy atom. The zero-order valence-electron chi connectivity index (χ0n) is 11.6. The highest BCUT2D eigenvalue weighted by molar-refractivity contribution is 5.92. The number of benzene rings is 1. The molecule has 1 aromatic heterocycles. The molecule has 0 saturated heterocycles. The lowest BCUT2D eigenvalue weighted by atomic mass is 10.1. The lowest BCUT2D eigenvalue weighted by Crippen LogP contribution is -2.17. The molecule has 0 aliphatic rings. The molecule has 0 spiro atoms. The molecule has 102 valence electrons. The maximum Gasteiger partial charge on any atom is 0.133 e. The molecule has 4 nitrogen and oxygen atoms in total. The number of rotatable bonds is 7. The van der Waals surface area contributed by atoms with E-state index < -0.39 is 0 Å². The monoisotopic (exact) mass is 259 g/mol. The molecule has 2 rings (SSSR count). The van der Waals surface area contributed by atoms with E-state index in [0.29, 0.717) is 0 Å². The van der Waals surface area contributed by atoms with Crippen LogP contribution in [0.25, 0.3) is 10.8 Å². The summed E-state index contributed by atoms with van der Waals surface area (Å²) in [4.78, 5) is 4.41. The van der Waals surface area contributed by atoms with E-state index in [1.165, 1.54) is 0 Å². The summed E-state index contributed by atoms with van der Waals surface area (Å²) in [5, 5.41) is 8.98. The molecule has 0 unspecified atom stereocenters. The largest absolute Gasteiger partial charge is 0.497 e. The summed E-state index contributed by atoms with van der Waals surface area (Å²) in [6.07, 6.45) is 2.91. The zero-order chi connectivity index (χ0) is 13.5. The second-order valence-corrected chi connectivity index (χ2v) is 4.38. The van der Waals surface area contributed by atoms with Gasteiger partial charge >= 0.3 is 0 Å². The van der Waals surface area contributed by atoms with Crippen LogP contribution in [-0.4, -0.2) is 31.7 Å². The summed E-state index contributed by atoms with van der Waals surface area (Å²) in [6, 6.07) is 8.05. The third-order valence-electron chi connectivity index (χ3n) is 3.04. The molecule has 0 amide bonds. The number of aromatic nitrogens is 1. The van der Waals surface area contributed by atoms with Gasteiger partial charge in [0.15, 0.2) is 0 Å². The number of nitrogens with one attached hydrogen (secondary N) is 2. The Labute approximate surface area is 114 Å². The van der Waals surface area contributed by atoms with Crippen LogP contribution in [0.2, 0.25) is 0 Å². The van der Waals surface area contributed by atoms with Gasteiger partial charge in [-0.05, 0) is 49.2 Å². The van der Waals surface area contributed by atoms with Crippen molar-refractivity contribution in [1.82, 2.24) is 10.3 Å². The number of fused-ring (bicyclic) bond motifs is 1. The second kappa shape index (κ2) is 6.95. The van der Waals surface area contributed by atoms with E-state index in [1.54, 1.807) is 7.11 Å². The number of hydrogen-bond acceptors (Lipinski definition) is 4. The van der Waals surface area contributed by atoms with Gasteiger partial charge in [-0.2, -0.15) is 0 Å². The number of ether oxygens (including phenoxy) is 1. The van der Waals surface area contributed by atoms with Crippen LogP contribution in [-0.2, 0) is 0 Å². The summed E-state index contributed by atoms with van der Waals surface area (Å²) >= 11 is 0. The van der Waals surface area contributed by atoms with Gasteiger partial charge in [0.05, 0.1) is 7.11 Å². The van der Waals surface area contributed by atoms with Crippen LogP contribution in [0.4, 0.5) is 5.82 Å². The molecule has 2 aromatic rings. The topological polar surface area (TPSA) is 46.2 Å². The molecule has 0 aliphatic carbocycles. The molecular weight excluding hydrogens is 238 g/mol. The van der Waals surface area contributed by atoms with Crippen LogP contribution in [0.15, 0.2) is 30.5 Å². The van der Waals surface area contributed by atoms with Crippen LogP contribution >= 0.6 is 0 Å².